The molecule has 0 unspecified atom stereocenters. The summed E-state index contributed by atoms with van der Waals surface area (Å²) in [6.07, 6.45) is 0.987. The standard InChI is InChI=1S/C19H24N2O3S/c1-16-8-10-17(11-9-16)12-13-19(22)20-14-15-25(23,24)21(2)18-6-4-3-5-7-18/h3-11H,12-15H2,1-2H3,(H,20,22). The second-order valence-corrected chi connectivity index (χ2v) is 8.07. The van der Waals surface area contributed by atoms with Gasteiger partial charge in [0.15, 0.2) is 0 Å². The number of anilines is 1. The van der Waals surface area contributed by atoms with E-state index in [0.717, 1.165) is 5.56 Å². The minimum atomic E-state index is -3.46. The molecule has 0 bridgehead atoms. The number of nitrogens with one attached hydrogen (secondary N) is 1. The molecular weight excluding hydrogens is 336 g/mol. The summed E-state index contributed by atoms with van der Waals surface area (Å²) in [6.45, 7) is 2.12. The maximum atomic E-state index is 12.3. The van der Waals surface area contributed by atoms with Crippen LogP contribution in [0.3, 0.4) is 0 Å². The summed E-state index contributed by atoms with van der Waals surface area (Å²) in [5.41, 5.74) is 2.88. The van der Waals surface area contributed by atoms with Gasteiger partial charge in [0.25, 0.3) is 0 Å². The van der Waals surface area contributed by atoms with Crippen LogP contribution >= 0.6 is 0 Å². The van der Waals surface area contributed by atoms with Gasteiger partial charge in [-0.25, -0.2) is 8.42 Å². The third kappa shape index (κ3) is 5.90. The van der Waals surface area contributed by atoms with Crippen molar-refractivity contribution in [3.63, 3.8) is 0 Å². The molecule has 0 spiro atoms. The van der Waals surface area contributed by atoms with Gasteiger partial charge in [0.05, 0.1) is 11.4 Å². The minimum absolute atomic E-state index is 0.103. The number of para-hydroxylation sites is 1. The lowest BCUT2D eigenvalue weighted by atomic mass is 10.1. The summed E-state index contributed by atoms with van der Waals surface area (Å²) in [5.74, 6) is -0.271. The maximum absolute atomic E-state index is 12.3. The summed E-state index contributed by atoms with van der Waals surface area (Å²) < 4.78 is 25.8. The van der Waals surface area contributed by atoms with Gasteiger partial charge in [-0.2, -0.15) is 0 Å². The lowest BCUT2D eigenvalue weighted by molar-refractivity contribution is -0.120. The maximum Gasteiger partial charge on any atom is 0.236 e. The summed E-state index contributed by atoms with van der Waals surface area (Å²) in [6, 6.07) is 16.9. The number of carbonyl (C=O) groups is 1. The van der Waals surface area contributed by atoms with Crippen molar-refractivity contribution in [1.29, 1.82) is 0 Å². The van der Waals surface area contributed by atoms with Crippen molar-refractivity contribution in [2.75, 3.05) is 23.7 Å². The van der Waals surface area contributed by atoms with Crippen LogP contribution < -0.4 is 9.62 Å². The van der Waals surface area contributed by atoms with E-state index in [1.54, 1.807) is 24.3 Å². The molecule has 0 aromatic heterocycles. The molecule has 6 heteroatoms. The Morgan fingerprint density at radius 1 is 1.04 bits per heavy atom. The first-order valence-electron chi connectivity index (χ1n) is 8.22. The van der Waals surface area contributed by atoms with Gasteiger partial charge < -0.3 is 5.32 Å². The number of hydrogen-bond donors (Lipinski definition) is 1. The molecule has 0 saturated carbocycles. The number of hydrogen-bond acceptors (Lipinski definition) is 3. The fraction of sp³-hybridized carbons (Fsp3) is 0.316. The van der Waals surface area contributed by atoms with Gasteiger partial charge in [0.2, 0.25) is 15.9 Å². The molecule has 0 saturated heterocycles. The van der Waals surface area contributed by atoms with Crippen LogP contribution in [0.1, 0.15) is 17.5 Å². The highest BCUT2D eigenvalue weighted by Crippen LogP contribution is 2.15. The lowest BCUT2D eigenvalue weighted by Gasteiger charge is -2.19. The summed E-state index contributed by atoms with van der Waals surface area (Å²) in [7, 11) is -1.94. The van der Waals surface area contributed by atoms with Crippen molar-refractivity contribution >= 4 is 21.6 Å². The van der Waals surface area contributed by atoms with E-state index in [4.69, 9.17) is 0 Å². The van der Waals surface area contributed by atoms with E-state index in [9.17, 15) is 13.2 Å². The van der Waals surface area contributed by atoms with Crippen LogP contribution in [0.5, 0.6) is 0 Å². The zero-order chi connectivity index (χ0) is 18.3. The van der Waals surface area contributed by atoms with Gasteiger partial charge in [0.1, 0.15) is 0 Å². The molecule has 0 fully saturated rings. The third-order valence-corrected chi connectivity index (χ3v) is 5.75. The van der Waals surface area contributed by atoms with Gasteiger partial charge >= 0.3 is 0 Å². The molecule has 0 atom stereocenters. The molecule has 0 heterocycles. The molecule has 1 N–H and O–H groups in total. The monoisotopic (exact) mass is 360 g/mol. The molecule has 1 amide bonds. The van der Waals surface area contributed by atoms with Gasteiger partial charge in [-0.3, -0.25) is 9.10 Å². The second-order valence-electron chi connectivity index (χ2n) is 5.95. The van der Waals surface area contributed by atoms with Crippen LogP contribution in [0.4, 0.5) is 5.69 Å². The van der Waals surface area contributed by atoms with Crippen molar-refractivity contribution in [2.45, 2.75) is 19.8 Å². The third-order valence-electron chi connectivity index (χ3n) is 3.98. The Morgan fingerprint density at radius 3 is 2.32 bits per heavy atom. The normalized spacial score (nSPS) is 11.1. The van der Waals surface area contributed by atoms with Crippen molar-refractivity contribution in [2.24, 2.45) is 0 Å². The molecule has 0 aliphatic heterocycles. The van der Waals surface area contributed by atoms with E-state index in [1.807, 2.05) is 37.3 Å². The first kappa shape index (κ1) is 19.0. The fourth-order valence-electron chi connectivity index (χ4n) is 2.36. The van der Waals surface area contributed by atoms with Crippen LogP contribution in [-0.2, 0) is 21.2 Å². The van der Waals surface area contributed by atoms with Gasteiger partial charge in [-0.1, -0.05) is 48.0 Å². The highest BCUT2D eigenvalue weighted by atomic mass is 32.2. The van der Waals surface area contributed by atoms with E-state index < -0.39 is 10.0 Å². The SMILES string of the molecule is Cc1ccc(CCC(=O)NCCS(=O)(=O)N(C)c2ccccc2)cc1. The Labute approximate surface area is 149 Å². The molecule has 0 radical (unpaired) electrons. The summed E-state index contributed by atoms with van der Waals surface area (Å²) >= 11 is 0. The van der Waals surface area contributed by atoms with Crippen LogP contribution in [-0.4, -0.2) is 33.7 Å². The fourth-order valence-corrected chi connectivity index (χ4v) is 3.43. The number of aryl methyl sites for hydroxylation is 2. The number of rotatable bonds is 8. The van der Waals surface area contributed by atoms with Crippen molar-refractivity contribution < 1.29 is 13.2 Å². The predicted octanol–water partition coefficient (Wildman–Crippen LogP) is 2.51. The summed E-state index contributed by atoms with van der Waals surface area (Å²) in [4.78, 5) is 11.9. The van der Waals surface area contributed by atoms with Gasteiger partial charge in [-0.05, 0) is 31.0 Å². The quantitative estimate of drug-likeness (QED) is 0.787. The Morgan fingerprint density at radius 2 is 1.68 bits per heavy atom. The molecule has 25 heavy (non-hydrogen) atoms. The van der Waals surface area contributed by atoms with Crippen LogP contribution in [0, 0.1) is 6.92 Å². The molecule has 0 aliphatic carbocycles. The molecule has 5 nitrogen and oxygen atoms in total. The number of benzene rings is 2. The van der Waals surface area contributed by atoms with E-state index in [0.29, 0.717) is 18.5 Å². The molecule has 134 valence electrons. The Balaban J connectivity index is 1.77. The smallest absolute Gasteiger partial charge is 0.236 e. The highest BCUT2D eigenvalue weighted by Gasteiger charge is 2.18. The number of amides is 1. The van der Waals surface area contributed by atoms with E-state index >= 15 is 0 Å². The van der Waals surface area contributed by atoms with E-state index in [-0.39, 0.29) is 18.2 Å². The van der Waals surface area contributed by atoms with Crippen LogP contribution in [0.2, 0.25) is 0 Å². The summed E-state index contributed by atoms with van der Waals surface area (Å²) in [5, 5.41) is 2.68. The van der Waals surface area contributed by atoms with Crippen molar-refractivity contribution in [3.05, 3.63) is 65.7 Å². The average Bonchev–Trinajstić information content (AvgIpc) is 2.61. The van der Waals surface area contributed by atoms with Gasteiger partial charge in [0, 0.05) is 20.0 Å². The second kappa shape index (κ2) is 8.67. The zero-order valence-corrected chi connectivity index (χ0v) is 15.4. The number of nitrogens with zero attached hydrogens (tertiary/aromatic N) is 1. The van der Waals surface area contributed by atoms with Crippen molar-refractivity contribution in [1.82, 2.24) is 5.32 Å². The first-order chi connectivity index (χ1) is 11.9. The molecule has 2 rings (SSSR count). The van der Waals surface area contributed by atoms with E-state index in [2.05, 4.69) is 5.32 Å². The number of carbonyl (C=O) groups excluding carboxylic acids is 1. The average molecular weight is 360 g/mol. The minimum Gasteiger partial charge on any atom is -0.355 e. The zero-order valence-electron chi connectivity index (χ0n) is 14.6. The molecule has 0 aliphatic rings. The molecular formula is C19H24N2O3S. The molecule has 2 aromatic rings. The largest absolute Gasteiger partial charge is 0.355 e. The first-order valence-corrected chi connectivity index (χ1v) is 9.83. The number of sulfonamides is 1. The van der Waals surface area contributed by atoms with E-state index in [1.165, 1.54) is 16.9 Å². The van der Waals surface area contributed by atoms with Crippen molar-refractivity contribution in [3.8, 4) is 0 Å². The predicted molar refractivity (Wildman–Crippen MR) is 101 cm³/mol. The topological polar surface area (TPSA) is 66.5 Å². The van der Waals surface area contributed by atoms with Gasteiger partial charge in [-0.15, -0.1) is 0 Å². The Bertz CT molecular complexity index is 787. The Hall–Kier alpha value is -2.34. The highest BCUT2D eigenvalue weighted by molar-refractivity contribution is 7.92. The lowest BCUT2D eigenvalue weighted by Crippen LogP contribution is -2.35. The van der Waals surface area contributed by atoms with Crippen LogP contribution in [0.25, 0.3) is 0 Å². The van der Waals surface area contributed by atoms with Crippen LogP contribution in [0.15, 0.2) is 54.6 Å². The Kier molecular flexibility index (Phi) is 6.58. The molecule has 2 aromatic carbocycles.